The molecule has 6 atom stereocenters. The molecule has 4 N–H and O–H groups in total. The predicted octanol–water partition coefficient (Wildman–Crippen LogP) is 5.24. The van der Waals surface area contributed by atoms with Gasteiger partial charge in [0.25, 0.3) is 0 Å². The highest BCUT2D eigenvalue weighted by Gasteiger charge is 2.45. The van der Waals surface area contributed by atoms with Gasteiger partial charge < -0.3 is 20.6 Å². The average molecular weight is 588 g/mol. The second-order valence-corrected chi connectivity index (χ2v) is 11.8. The third-order valence-electron chi connectivity index (χ3n) is 8.08. The second-order valence-electron chi connectivity index (χ2n) is 10.7. The summed E-state index contributed by atoms with van der Waals surface area (Å²) < 4.78 is 43.9. The van der Waals surface area contributed by atoms with Gasteiger partial charge in [-0.1, -0.05) is 31.2 Å². The summed E-state index contributed by atoms with van der Waals surface area (Å²) in [4.78, 5) is 18.2. The second kappa shape index (κ2) is 11.2. The van der Waals surface area contributed by atoms with E-state index in [0.29, 0.717) is 39.5 Å². The molecule has 1 aromatic carbocycles. The minimum Gasteiger partial charge on any atom is -0.396 e. The number of thiazole rings is 1. The quantitative estimate of drug-likeness (QED) is 0.231. The monoisotopic (exact) mass is 587 g/mol. The van der Waals surface area contributed by atoms with Crippen molar-refractivity contribution in [1.29, 1.82) is 0 Å². The summed E-state index contributed by atoms with van der Waals surface area (Å²) in [6, 6.07) is 6.07. The summed E-state index contributed by atoms with van der Waals surface area (Å²) in [6.45, 7) is 6.69. The highest BCUT2D eigenvalue weighted by Crippen LogP contribution is 2.45. The number of aromatic nitrogens is 4. The van der Waals surface area contributed by atoms with Crippen LogP contribution in [0.5, 0.6) is 0 Å². The molecule has 1 aliphatic carbocycles. The molecule has 6 unspecified atom stereocenters. The first kappa shape index (κ1) is 29.3. The molecule has 4 aromatic rings. The number of fused-ring (bicyclic) bond motifs is 1. The Kier molecular flexibility index (Phi) is 8.03. The number of aryl methyl sites for hydroxylation is 3. The van der Waals surface area contributed by atoms with Gasteiger partial charge in [-0.2, -0.15) is 13.2 Å². The third-order valence-corrected chi connectivity index (χ3v) is 9.11. The lowest BCUT2D eigenvalue weighted by Gasteiger charge is -2.27. The minimum atomic E-state index is -4.63. The zero-order valence-electron chi connectivity index (χ0n) is 23.0. The van der Waals surface area contributed by atoms with Gasteiger partial charge in [0.15, 0.2) is 6.04 Å². The number of halogens is 3. The number of hydrogen-bond donors (Lipinski definition) is 4. The number of nitrogens with one attached hydrogen (secondary N) is 1. The first-order valence-electron chi connectivity index (χ1n) is 13.4. The Bertz CT molecular complexity index is 1560. The summed E-state index contributed by atoms with van der Waals surface area (Å²) in [5.41, 5.74) is 3.38. The van der Waals surface area contributed by atoms with Gasteiger partial charge >= 0.3 is 6.18 Å². The van der Waals surface area contributed by atoms with Crippen LogP contribution >= 0.6 is 11.3 Å². The smallest absolute Gasteiger partial charge is 0.396 e. The van der Waals surface area contributed by atoms with E-state index in [0.717, 1.165) is 10.4 Å². The van der Waals surface area contributed by atoms with Crippen molar-refractivity contribution < 1.29 is 28.5 Å². The van der Waals surface area contributed by atoms with Crippen molar-refractivity contribution in [2.75, 3.05) is 11.9 Å². The highest BCUT2D eigenvalue weighted by molar-refractivity contribution is 7.21. The maximum absolute atomic E-state index is 14.3. The van der Waals surface area contributed by atoms with Gasteiger partial charge in [0, 0.05) is 24.6 Å². The minimum absolute atomic E-state index is 0.0641. The molecule has 0 bridgehead atoms. The zero-order valence-corrected chi connectivity index (χ0v) is 23.8. The molecule has 1 saturated carbocycles. The van der Waals surface area contributed by atoms with Crippen molar-refractivity contribution in [3.05, 3.63) is 64.7 Å². The molecule has 41 heavy (non-hydrogen) atoms. The van der Waals surface area contributed by atoms with Gasteiger partial charge in [-0.3, -0.25) is 4.98 Å². The number of pyridine rings is 1. The standard InChI is InChI=1S/C29H32F3N5O3S/c1-13-7-5-6-8-18(13)26(29(30,31)32)37-28-34-15(3)21(27-35-23-16(4)33-10-9-20(23)41-27)22(36-28)14(2)19-11-17(12-38)24(39)25(19)40/h5-10,14,17,19,24-26,38-40H,11-12H2,1-4H3,(H,34,36,37). The Labute approximate surface area is 239 Å². The molecule has 1 aliphatic rings. The van der Waals surface area contributed by atoms with E-state index in [-0.39, 0.29) is 18.1 Å². The van der Waals surface area contributed by atoms with Crippen LogP contribution in [0.2, 0.25) is 0 Å². The fourth-order valence-corrected chi connectivity index (χ4v) is 6.88. The molecule has 1 fully saturated rings. The molecule has 3 heterocycles. The number of hydrogen-bond acceptors (Lipinski definition) is 9. The average Bonchev–Trinajstić information content (AvgIpc) is 3.48. The van der Waals surface area contributed by atoms with E-state index in [1.165, 1.54) is 17.4 Å². The van der Waals surface area contributed by atoms with E-state index in [1.54, 1.807) is 38.2 Å². The zero-order chi connectivity index (χ0) is 29.6. The van der Waals surface area contributed by atoms with Gasteiger partial charge in [-0.05, 0) is 50.3 Å². The van der Waals surface area contributed by atoms with Crippen LogP contribution in [0, 0.1) is 32.6 Å². The lowest BCUT2D eigenvalue weighted by Crippen LogP contribution is -2.32. The maximum Gasteiger partial charge on any atom is 0.412 e. The Balaban J connectivity index is 1.65. The van der Waals surface area contributed by atoms with Crippen LogP contribution in [0.15, 0.2) is 36.5 Å². The Hall–Kier alpha value is -3.19. The lowest BCUT2D eigenvalue weighted by molar-refractivity contribution is -0.144. The number of anilines is 1. The first-order valence-corrected chi connectivity index (χ1v) is 14.2. The summed E-state index contributed by atoms with van der Waals surface area (Å²) >= 11 is 1.40. The van der Waals surface area contributed by atoms with Gasteiger partial charge in [-0.25, -0.2) is 15.0 Å². The maximum atomic E-state index is 14.3. The summed E-state index contributed by atoms with van der Waals surface area (Å²) in [5.74, 6) is -1.74. The Morgan fingerprint density at radius 1 is 1.02 bits per heavy atom. The number of rotatable bonds is 7. The molecule has 0 radical (unpaired) electrons. The van der Waals surface area contributed by atoms with Crippen molar-refractivity contribution >= 4 is 27.5 Å². The molecular formula is C29H32F3N5O3S. The number of alkyl halides is 3. The van der Waals surface area contributed by atoms with Gasteiger partial charge in [0.2, 0.25) is 5.95 Å². The topological polar surface area (TPSA) is 124 Å². The molecule has 0 spiro atoms. The third kappa shape index (κ3) is 5.53. The molecule has 12 heteroatoms. The molecule has 0 amide bonds. The van der Waals surface area contributed by atoms with Crippen LogP contribution in [0.1, 0.15) is 53.5 Å². The van der Waals surface area contributed by atoms with Crippen molar-refractivity contribution in [1.82, 2.24) is 19.9 Å². The van der Waals surface area contributed by atoms with Crippen LogP contribution in [-0.4, -0.2) is 60.2 Å². The van der Waals surface area contributed by atoms with Gasteiger partial charge in [0.05, 0.1) is 39.6 Å². The van der Waals surface area contributed by atoms with Gasteiger partial charge in [0.1, 0.15) is 10.5 Å². The summed E-state index contributed by atoms with van der Waals surface area (Å²) in [6.07, 6.45) is -4.89. The SMILES string of the molecule is Cc1ccccc1C(Nc1nc(C)c(-c2nc3c(C)nccc3s2)c(C(C)C2CC(CO)C(O)C2O)n1)C(F)(F)F. The van der Waals surface area contributed by atoms with Gasteiger partial charge in [-0.15, -0.1) is 11.3 Å². The van der Waals surface area contributed by atoms with E-state index in [9.17, 15) is 28.5 Å². The van der Waals surface area contributed by atoms with Crippen molar-refractivity contribution in [2.24, 2.45) is 11.8 Å². The Morgan fingerprint density at radius 2 is 1.76 bits per heavy atom. The van der Waals surface area contributed by atoms with Crippen LogP contribution in [0.4, 0.5) is 19.1 Å². The van der Waals surface area contributed by atoms with Crippen LogP contribution in [0.25, 0.3) is 20.8 Å². The summed E-state index contributed by atoms with van der Waals surface area (Å²) in [5, 5.41) is 34.2. The van der Waals surface area contributed by atoms with E-state index < -0.39 is 42.2 Å². The van der Waals surface area contributed by atoms with Crippen molar-refractivity contribution in [3.8, 4) is 10.6 Å². The summed E-state index contributed by atoms with van der Waals surface area (Å²) in [7, 11) is 0. The van der Waals surface area contributed by atoms with Crippen LogP contribution < -0.4 is 5.32 Å². The van der Waals surface area contributed by atoms with E-state index in [4.69, 9.17) is 4.98 Å². The first-order chi connectivity index (χ1) is 19.4. The molecule has 8 nitrogen and oxygen atoms in total. The molecule has 5 rings (SSSR count). The Morgan fingerprint density at radius 3 is 2.39 bits per heavy atom. The molecule has 3 aromatic heterocycles. The normalized spacial score (nSPS) is 22.7. The van der Waals surface area contributed by atoms with Crippen LogP contribution in [0.3, 0.4) is 0 Å². The lowest BCUT2D eigenvalue weighted by atomic mass is 9.85. The fourth-order valence-electron chi connectivity index (χ4n) is 5.76. The van der Waals surface area contributed by atoms with E-state index in [1.807, 2.05) is 19.9 Å². The van der Waals surface area contributed by atoms with Crippen molar-refractivity contribution in [3.63, 3.8) is 0 Å². The van der Waals surface area contributed by atoms with E-state index >= 15 is 0 Å². The largest absolute Gasteiger partial charge is 0.412 e. The molecular weight excluding hydrogens is 555 g/mol. The molecule has 0 saturated heterocycles. The van der Waals surface area contributed by atoms with E-state index in [2.05, 4.69) is 20.3 Å². The fraction of sp³-hybridized carbons (Fsp3) is 0.448. The van der Waals surface area contributed by atoms with Crippen molar-refractivity contribution in [2.45, 2.75) is 64.5 Å². The number of aliphatic hydroxyl groups excluding tert-OH is 3. The highest BCUT2D eigenvalue weighted by atomic mass is 32.1. The molecule has 0 aliphatic heterocycles. The number of benzene rings is 1. The molecule has 218 valence electrons. The van der Waals surface area contributed by atoms with Crippen LogP contribution in [-0.2, 0) is 0 Å². The number of nitrogens with zero attached hydrogens (tertiary/aromatic N) is 4. The predicted molar refractivity (Wildman–Crippen MR) is 151 cm³/mol. The number of aliphatic hydroxyl groups is 3.